The Morgan fingerprint density at radius 3 is 2.00 bits per heavy atom. The maximum Gasteiger partial charge on any atom is 0.222 e. The van der Waals surface area contributed by atoms with Crippen LogP contribution in [0.3, 0.4) is 0 Å². The minimum Gasteiger partial charge on any atom is -0.340 e. The van der Waals surface area contributed by atoms with Crippen molar-refractivity contribution < 1.29 is 4.79 Å². The summed E-state index contributed by atoms with van der Waals surface area (Å²) in [5, 5.41) is 3.11. The number of amides is 1. The summed E-state index contributed by atoms with van der Waals surface area (Å²) in [6, 6.07) is 0.403. The minimum absolute atomic E-state index is 0.324. The van der Waals surface area contributed by atoms with E-state index in [1.54, 1.807) is 0 Å². The fraction of sp³-hybridized carbons (Fsp3) is 0.900. The van der Waals surface area contributed by atoms with Crippen molar-refractivity contribution in [2.75, 3.05) is 19.6 Å². The highest BCUT2D eigenvalue weighted by Crippen LogP contribution is 2.12. The summed E-state index contributed by atoms with van der Waals surface area (Å²) in [6.07, 6.45) is 3.20. The second-order valence-electron chi connectivity index (χ2n) is 3.89. The van der Waals surface area contributed by atoms with Gasteiger partial charge < -0.3 is 10.2 Å². The average molecular weight is 184 g/mol. The van der Waals surface area contributed by atoms with E-state index in [-0.39, 0.29) is 0 Å². The molecule has 2 saturated heterocycles. The highest BCUT2D eigenvalue weighted by molar-refractivity contribution is 5.78. The molecule has 3 nitrogen and oxygen atoms in total. The standard InChI is InChI=1S/C7H13NO.C3H7N/c1-6(2)8-5-3-4-7(8)9;1-2-4-3-1/h6H,3-5H2,1-2H3;4H,1-3H2. The summed E-state index contributed by atoms with van der Waals surface area (Å²) in [7, 11) is 0. The number of hydrogen-bond acceptors (Lipinski definition) is 2. The van der Waals surface area contributed by atoms with Crippen LogP contribution in [0.15, 0.2) is 0 Å². The first-order valence-corrected chi connectivity index (χ1v) is 5.22. The maximum absolute atomic E-state index is 10.9. The fourth-order valence-electron chi connectivity index (χ4n) is 1.39. The molecule has 0 aromatic rings. The molecule has 2 aliphatic heterocycles. The Hall–Kier alpha value is -0.570. The summed E-state index contributed by atoms with van der Waals surface area (Å²) in [4.78, 5) is 12.9. The van der Waals surface area contributed by atoms with Gasteiger partial charge in [-0.3, -0.25) is 4.79 Å². The number of rotatable bonds is 1. The minimum atomic E-state index is 0.324. The van der Waals surface area contributed by atoms with Gasteiger partial charge in [0.1, 0.15) is 0 Å². The van der Waals surface area contributed by atoms with Gasteiger partial charge in [-0.1, -0.05) is 0 Å². The molecule has 0 saturated carbocycles. The van der Waals surface area contributed by atoms with Crippen molar-refractivity contribution in [1.29, 1.82) is 0 Å². The van der Waals surface area contributed by atoms with Crippen LogP contribution >= 0.6 is 0 Å². The van der Waals surface area contributed by atoms with Crippen LogP contribution in [-0.2, 0) is 4.79 Å². The first-order chi connectivity index (χ1) is 6.22. The molecule has 0 bridgehead atoms. The Bertz CT molecular complexity index is 160. The molecule has 0 aromatic heterocycles. The Labute approximate surface area is 80.5 Å². The molecule has 1 amide bonds. The fourth-order valence-corrected chi connectivity index (χ4v) is 1.39. The Morgan fingerprint density at radius 1 is 1.31 bits per heavy atom. The van der Waals surface area contributed by atoms with E-state index in [9.17, 15) is 4.79 Å². The Morgan fingerprint density at radius 2 is 1.85 bits per heavy atom. The van der Waals surface area contributed by atoms with Gasteiger partial charge in [-0.15, -0.1) is 0 Å². The zero-order valence-corrected chi connectivity index (χ0v) is 8.68. The quantitative estimate of drug-likeness (QED) is 0.659. The molecule has 0 atom stereocenters. The van der Waals surface area contributed by atoms with E-state index in [1.807, 2.05) is 4.90 Å². The van der Waals surface area contributed by atoms with Crippen LogP contribution in [0.4, 0.5) is 0 Å². The van der Waals surface area contributed by atoms with Crippen molar-refractivity contribution >= 4 is 5.91 Å². The number of likely N-dealkylation sites (tertiary alicyclic amines) is 1. The van der Waals surface area contributed by atoms with E-state index in [0.717, 1.165) is 19.4 Å². The molecule has 1 N–H and O–H groups in total. The third-order valence-corrected chi connectivity index (χ3v) is 2.44. The van der Waals surface area contributed by atoms with Crippen molar-refractivity contribution in [3.05, 3.63) is 0 Å². The number of carbonyl (C=O) groups excluding carboxylic acids is 1. The van der Waals surface area contributed by atoms with Crippen molar-refractivity contribution in [2.24, 2.45) is 0 Å². The third-order valence-electron chi connectivity index (χ3n) is 2.44. The highest BCUT2D eigenvalue weighted by Gasteiger charge is 2.21. The first-order valence-electron chi connectivity index (χ1n) is 5.22. The molecule has 0 radical (unpaired) electrons. The Kier molecular flexibility index (Phi) is 4.22. The number of carbonyl (C=O) groups is 1. The smallest absolute Gasteiger partial charge is 0.222 e. The molecule has 2 heterocycles. The van der Waals surface area contributed by atoms with Crippen LogP contribution in [0, 0.1) is 0 Å². The zero-order valence-electron chi connectivity index (χ0n) is 8.68. The molecular weight excluding hydrogens is 164 g/mol. The molecule has 76 valence electrons. The second kappa shape index (κ2) is 5.22. The molecule has 0 unspecified atom stereocenters. The van der Waals surface area contributed by atoms with Gasteiger partial charge >= 0.3 is 0 Å². The predicted molar refractivity (Wildman–Crippen MR) is 53.6 cm³/mol. The van der Waals surface area contributed by atoms with Gasteiger partial charge in [0.05, 0.1) is 0 Å². The summed E-state index contributed by atoms with van der Waals surface area (Å²) in [5.41, 5.74) is 0. The van der Waals surface area contributed by atoms with Crippen LogP contribution < -0.4 is 5.32 Å². The molecule has 13 heavy (non-hydrogen) atoms. The molecule has 0 aromatic carbocycles. The van der Waals surface area contributed by atoms with E-state index in [4.69, 9.17) is 0 Å². The normalized spacial score (nSPS) is 21.2. The first kappa shape index (κ1) is 10.5. The molecule has 0 aliphatic carbocycles. The van der Waals surface area contributed by atoms with Crippen molar-refractivity contribution in [3.63, 3.8) is 0 Å². The van der Waals surface area contributed by atoms with Crippen LogP contribution in [-0.4, -0.2) is 36.5 Å². The van der Waals surface area contributed by atoms with E-state index < -0.39 is 0 Å². The molecule has 2 fully saturated rings. The van der Waals surface area contributed by atoms with E-state index >= 15 is 0 Å². The van der Waals surface area contributed by atoms with E-state index in [0.29, 0.717) is 11.9 Å². The number of nitrogens with zero attached hydrogens (tertiary/aromatic N) is 1. The van der Waals surface area contributed by atoms with Gasteiger partial charge in [-0.2, -0.15) is 0 Å². The lowest BCUT2D eigenvalue weighted by Gasteiger charge is -2.19. The maximum atomic E-state index is 10.9. The van der Waals surface area contributed by atoms with Gasteiger partial charge in [0.15, 0.2) is 0 Å². The van der Waals surface area contributed by atoms with Crippen LogP contribution in [0.1, 0.15) is 33.1 Å². The van der Waals surface area contributed by atoms with E-state index in [2.05, 4.69) is 19.2 Å². The summed E-state index contributed by atoms with van der Waals surface area (Å²) in [5.74, 6) is 0.324. The van der Waals surface area contributed by atoms with Gasteiger partial charge in [0.2, 0.25) is 5.91 Å². The molecular formula is C10H20N2O. The van der Waals surface area contributed by atoms with Crippen LogP contribution in [0.2, 0.25) is 0 Å². The molecule has 3 heteroatoms. The average Bonchev–Trinajstić information content (AvgIpc) is 2.30. The zero-order chi connectivity index (χ0) is 9.68. The lowest BCUT2D eigenvalue weighted by Crippen LogP contribution is -2.31. The topological polar surface area (TPSA) is 32.3 Å². The molecule has 0 spiro atoms. The lowest BCUT2D eigenvalue weighted by molar-refractivity contribution is -0.129. The van der Waals surface area contributed by atoms with Gasteiger partial charge in [0, 0.05) is 19.0 Å². The van der Waals surface area contributed by atoms with Gasteiger partial charge in [0.25, 0.3) is 0 Å². The summed E-state index contributed by atoms with van der Waals surface area (Å²) in [6.45, 7) is 7.59. The van der Waals surface area contributed by atoms with E-state index in [1.165, 1.54) is 19.5 Å². The molecule has 2 aliphatic rings. The second-order valence-corrected chi connectivity index (χ2v) is 3.89. The summed E-state index contributed by atoms with van der Waals surface area (Å²) >= 11 is 0. The monoisotopic (exact) mass is 184 g/mol. The summed E-state index contributed by atoms with van der Waals surface area (Å²) < 4.78 is 0. The Balaban J connectivity index is 0.000000175. The lowest BCUT2D eigenvalue weighted by atomic mass is 10.3. The predicted octanol–water partition coefficient (Wildman–Crippen LogP) is 0.997. The van der Waals surface area contributed by atoms with Crippen LogP contribution in [0.5, 0.6) is 0 Å². The number of nitrogens with one attached hydrogen (secondary N) is 1. The largest absolute Gasteiger partial charge is 0.340 e. The third kappa shape index (κ3) is 3.35. The van der Waals surface area contributed by atoms with Gasteiger partial charge in [-0.25, -0.2) is 0 Å². The SMILES string of the molecule is C1CNC1.CC(C)N1CCCC1=O. The molecule has 2 rings (SSSR count). The van der Waals surface area contributed by atoms with Crippen molar-refractivity contribution in [1.82, 2.24) is 10.2 Å². The number of hydrogen-bond donors (Lipinski definition) is 1. The van der Waals surface area contributed by atoms with Crippen LogP contribution in [0.25, 0.3) is 0 Å². The highest BCUT2D eigenvalue weighted by atomic mass is 16.2. The van der Waals surface area contributed by atoms with Gasteiger partial charge in [-0.05, 0) is 39.8 Å². The van der Waals surface area contributed by atoms with Crippen molar-refractivity contribution in [2.45, 2.75) is 39.2 Å². The van der Waals surface area contributed by atoms with Crippen molar-refractivity contribution in [3.8, 4) is 0 Å².